The highest BCUT2D eigenvalue weighted by molar-refractivity contribution is 8.01. The number of ether oxygens (including phenoxy) is 1. The van der Waals surface area contributed by atoms with Crippen molar-refractivity contribution in [2.75, 3.05) is 5.75 Å². The van der Waals surface area contributed by atoms with Crippen molar-refractivity contribution in [3.8, 4) is 17.3 Å². The molecule has 8 nitrogen and oxygen atoms in total. The maximum Gasteiger partial charge on any atom is 0.323 e. The van der Waals surface area contributed by atoms with Crippen LogP contribution >= 0.6 is 23.5 Å². The Morgan fingerprint density at radius 2 is 1.47 bits per heavy atom. The topological polar surface area (TPSA) is 99.2 Å². The third kappa shape index (κ3) is 5.60. The smallest absolute Gasteiger partial charge is 0.323 e. The van der Waals surface area contributed by atoms with Gasteiger partial charge in [0.15, 0.2) is 10.3 Å². The van der Waals surface area contributed by atoms with E-state index < -0.39 is 16.7 Å². The van der Waals surface area contributed by atoms with Gasteiger partial charge in [0.2, 0.25) is 5.88 Å². The molecule has 2 aromatic heterocycles. The lowest BCUT2D eigenvalue weighted by Crippen LogP contribution is -2.42. The van der Waals surface area contributed by atoms with Crippen molar-refractivity contribution in [3.63, 3.8) is 0 Å². The number of rotatable bonds is 9. The van der Waals surface area contributed by atoms with Crippen molar-refractivity contribution in [1.82, 2.24) is 19.1 Å². The van der Waals surface area contributed by atoms with Gasteiger partial charge in [-0.25, -0.2) is 9.97 Å². The number of carboxylic acid groups (broad SMARTS) is 1. The molecule has 1 N–H and O–H groups in total. The first-order valence-corrected chi connectivity index (χ1v) is 17.8. The Labute approximate surface area is 272 Å². The molecule has 0 saturated heterocycles. The van der Waals surface area contributed by atoms with Gasteiger partial charge in [0, 0.05) is 12.4 Å². The third-order valence-electron chi connectivity index (χ3n) is 9.67. The zero-order valence-corrected chi connectivity index (χ0v) is 27.4. The van der Waals surface area contributed by atoms with Gasteiger partial charge in [-0.05, 0) is 130 Å². The van der Waals surface area contributed by atoms with Crippen molar-refractivity contribution in [3.05, 3.63) is 76.2 Å². The van der Waals surface area contributed by atoms with Gasteiger partial charge in [0.05, 0.1) is 23.3 Å². The average Bonchev–Trinajstić information content (AvgIpc) is 3.65. The molecule has 234 valence electrons. The van der Waals surface area contributed by atoms with E-state index in [2.05, 4.69) is 52.6 Å². The molecule has 1 saturated carbocycles. The molecule has 2 aromatic carbocycles. The van der Waals surface area contributed by atoms with Crippen LogP contribution in [-0.4, -0.2) is 46.6 Å². The summed E-state index contributed by atoms with van der Waals surface area (Å²) >= 11 is 2.63. The molecule has 3 aliphatic carbocycles. The first-order valence-electron chi connectivity index (χ1n) is 15.9. The Bertz CT molecular complexity index is 1790. The Morgan fingerprint density at radius 3 is 2.09 bits per heavy atom. The summed E-state index contributed by atoms with van der Waals surface area (Å²) in [4.78, 5) is 34.9. The second-order valence-corrected chi connectivity index (χ2v) is 14.7. The van der Waals surface area contributed by atoms with Crippen molar-refractivity contribution in [2.24, 2.45) is 0 Å². The lowest BCUT2D eigenvalue weighted by molar-refractivity contribution is -0.142. The van der Waals surface area contributed by atoms with Crippen LogP contribution in [0.15, 0.2) is 53.2 Å². The molecule has 45 heavy (non-hydrogen) atoms. The van der Waals surface area contributed by atoms with Gasteiger partial charge in [-0.2, -0.15) is 0 Å². The van der Waals surface area contributed by atoms with Gasteiger partial charge in [-0.3, -0.25) is 18.7 Å². The standard InChI is InChI=1S/C35H38N4O4S2/c1-22-12-14-28(26-10-5-3-8-24(22)26)38-19-18-36-33(38)44-21-31(40)43-30-20-37-34(45-35(32(41)42)16-7-17-35)39(30)29-15-13-23(2)25-9-4-6-11-27(25)29/h12-15,18-20H,3-11,16-17,21H2,1-2H3,(H,41,42). The number of hydrogen-bond acceptors (Lipinski definition) is 7. The Kier molecular flexibility index (Phi) is 8.29. The predicted molar refractivity (Wildman–Crippen MR) is 176 cm³/mol. The molecule has 0 atom stereocenters. The minimum Gasteiger partial charge on any atom is -0.480 e. The molecule has 0 amide bonds. The van der Waals surface area contributed by atoms with Crippen LogP contribution in [0.5, 0.6) is 5.88 Å². The largest absolute Gasteiger partial charge is 0.480 e. The van der Waals surface area contributed by atoms with Crippen molar-refractivity contribution in [2.45, 2.75) is 99.5 Å². The van der Waals surface area contributed by atoms with Crippen molar-refractivity contribution in [1.29, 1.82) is 0 Å². The van der Waals surface area contributed by atoms with Gasteiger partial charge in [-0.15, -0.1) is 0 Å². The monoisotopic (exact) mass is 642 g/mol. The van der Waals surface area contributed by atoms with Gasteiger partial charge < -0.3 is 9.84 Å². The molecule has 0 radical (unpaired) electrons. The number of benzene rings is 2. The summed E-state index contributed by atoms with van der Waals surface area (Å²) < 4.78 is 9.08. The van der Waals surface area contributed by atoms with Crippen molar-refractivity contribution >= 4 is 35.5 Å². The molecule has 1 fully saturated rings. The Hall–Kier alpha value is -3.50. The Balaban J connectivity index is 1.16. The molecule has 0 spiro atoms. The first kappa shape index (κ1) is 30.2. The van der Waals surface area contributed by atoms with E-state index in [1.54, 1.807) is 12.4 Å². The van der Waals surface area contributed by atoms with Crippen LogP contribution in [0.2, 0.25) is 0 Å². The predicted octanol–water partition coefficient (Wildman–Crippen LogP) is 7.23. The van der Waals surface area contributed by atoms with E-state index in [0.717, 1.165) is 61.5 Å². The molecule has 7 rings (SSSR count). The highest BCUT2D eigenvalue weighted by atomic mass is 32.2. The lowest BCUT2D eigenvalue weighted by atomic mass is 9.84. The van der Waals surface area contributed by atoms with Crippen LogP contribution in [0.1, 0.15) is 78.3 Å². The zero-order chi connectivity index (χ0) is 31.1. The minimum atomic E-state index is -0.906. The molecule has 2 heterocycles. The molecule has 0 unspecified atom stereocenters. The normalized spacial score (nSPS) is 16.8. The van der Waals surface area contributed by atoms with E-state index in [-0.39, 0.29) is 5.75 Å². The minimum absolute atomic E-state index is 0.0732. The van der Waals surface area contributed by atoms with Gasteiger partial charge in [0.1, 0.15) is 4.75 Å². The number of aliphatic carboxylic acids is 1. The number of esters is 1. The van der Waals surface area contributed by atoms with Crippen LogP contribution in [0.25, 0.3) is 11.4 Å². The lowest BCUT2D eigenvalue weighted by Gasteiger charge is -2.36. The van der Waals surface area contributed by atoms with E-state index in [0.29, 0.717) is 23.9 Å². The number of thioether (sulfide) groups is 2. The number of fused-ring (bicyclic) bond motifs is 2. The fraction of sp³-hybridized carbons (Fsp3) is 0.429. The van der Waals surface area contributed by atoms with Crippen LogP contribution in [0.3, 0.4) is 0 Å². The van der Waals surface area contributed by atoms with Gasteiger partial charge >= 0.3 is 11.9 Å². The quantitative estimate of drug-likeness (QED) is 0.151. The number of hydrogen-bond donors (Lipinski definition) is 1. The molecule has 4 aromatic rings. The third-order valence-corrected chi connectivity index (χ3v) is 12.1. The summed E-state index contributed by atoms with van der Waals surface area (Å²) in [5.74, 6) is -0.838. The highest BCUT2D eigenvalue weighted by Gasteiger charge is 2.47. The van der Waals surface area contributed by atoms with Crippen LogP contribution in [-0.2, 0) is 35.3 Å². The number of aryl methyl sites for hydroxylation is 2. The summed E-state index contributed by atoms with van der Waals surface area (Å²) in [5, 5.41) is 11.4. The average molecular weight is 643 g/mol. The summed E-state index contributed by atoms with van der Waals surface area (Å²) in [6.45, 7) is 4.32. The summed E-state index contributed by atoms with van der Waals surface area (Å²) in [6.07, 6.45) is 16.1. The van der Waals surface area contributed by atoms with Crippen LogP contribution in [0, 0.1) is 13.8 Å². The van der Waals surface area contributed by atoms with Crippen LogP contribution in [0.4, 0.5) is 0 Å². The molecule has 10 heteroatoms. The molecule has 3 aliphatic rings. The van der Waals surface area contributed by atoms with E-state index in [9.17, 15) is 14.7 Å². The maximum atomic E-state index is 13.4. The number of carbonyl (C=O) groups is 2. The highest BCUT2D eigenvalue weighted by Crippen LogP contribution is 2.49. The molecule has 0 aliphatic heterocycles. The molecule has 0 bridgehead atoms. The Morgan fingerprint density at radius 1 is 0.844 bits per heavy atom. The number of carbonyl (C=O) groups excluding carboxylic acids is 1. The fourth-order valence-electron chi connectivity index (χ4n) is 7.06. The second kappa shape index (κ2) is 12.4. The fourth-order valence-corrected chi connectivity index (χ4v) is 9.11. The molecular weight excluding hydrogens is 605 g/mol. The zero-order valence-electron chi connectivity index (χ0n) is 25.8. The van der Waals surface area contributed by atoms with E-state index in [1.807, 2.05) is 10.8 Å². The number of carboxylic acids is 1. The van der Waals surface area contributed by atoms with Crippen LogP contribution < -0.4 is 4.74 Å². The first-order chi connectivity index (χ1) is 21.8. The maximum absolute atomic E-state index is 13.4. The van der Waals surface area contributed by atoms with E-state index >= 15 is 0 Å². The summed E-state index contributed by atoms with van der Waals surface area (Å²) in [6, 6.07) is 8.51. The molecular formula is C35H38N4O4S2. The van der Waals surface area contributed by atoms with E-state index in [1.165, 1.54) is 69.7 Å². The van der Waals surface area contributed by atoms with Gasteiger partial charge in [0.25, 0.3) is 0 Å². The summed E-state index contributed by atoms with van der Waals surface area (Å²) in [5.41, 5.74) is 10.0. The second-order valence-electron chi connectivity index (χ2n) is 12.4. The van der Waals surface area contributed by atoms with E-state index in [4.69, 9.17) is 4.74 Å². The van der Waals surface area contributed by atoms with Gasteiger partial charge in [-0.1, -0.05) is 35.7 Å². The summed E-state index contributed by atoms with van der Waals surface area (Å²) in [7, 11) is 0. The van der Waals surface area contributed by atoms with Crippen molar-refractivity contribution < 1.29 is 19.4 Å². The number of imidazole rings is 2. The number of nitrogens with zero attached hydrogens (tertiary/aromatic N) is 4. The SMILES string of the molecule is Cc1ccc(-n2ccnc2SCC(=O)Oc2cnc(SC3(C(=O)O)CCC3)n2-c2ccc(C)c3c2CCCC3)c2c1CCCC2. The number of aromatic nitrogens is 4.